The first-order valence-electron chi connectivity index (χ1n) is 10.0. The Morgan fingerprint density at radius 1 is 1.11 bits per heavy atom. The summed E-state index contributed by atoms with van der Waals surface area (Å²) in [6.45, 7) is 0.294. The summed E-state index contributed by atoms with van der Waals surface area (Å²) in [5, 5.41) is 30.1. The summed E-state index contributed by atoms with van der Waals surface area (Å²) < 4.78 is 7.55. The summed E-state index contributed by atoms with van der Waals surface area (Å²) in [5.74, 6) is -0.0195. The minimum absolute atomic E-state index is 0.0184. The van der Waals surface area contributed by atoms with Gasteiger partial charge in [-0.3, -0.25) is 29.7 Å². The molecule has 12 nitrogen and oxygen atoms in total. The highest BCUT2D eigenvalue weighted by atomic mass is 79.9. The lowest BCUT2D eigenvalue weighted by Gasteiger charge is -2.01. The molecule has 1 N–H and O–H groups in total. The molecular formula is C22H14BrClN6O6. The van der Waals surface area contributed by atoms with Crippen molar-refractivity contribution in [3.8, 4) is 11.3 Å². The molecule has 4 rings (SSSR count). The zero-order valence-electron chi connectivity index (χ0n) is 18.0. The topological polar surface area (TPSA) is 159 Å². The third-order valence-corrected chi connectivity index (χ3v) is 5.74. The molecule has 0 fully saturated rings. The van der Waals surface area contributed by atoms with E-state index in [-0.39, 0.29) is 27.9 Å². The van der Waals surface area contributed by atoms with E-state index in [1.807, 2.05) is 0 Å². The molecule has 1 amide bonds. The predicted molar refractivity (Wildman–Crippen MR) is 133 cm³/mol. The second kappa shape index (κ2) is 10.5. The maximum absolute atomic E-state index is 12.5. The van der Waals surface area contributed by atoms with Crippen LogP contribution in [0.25, 0.3) is 11.3 Å². The molecule has 14 heteroatoms. The fourth-order valence-electron chi connectivity index (χ4n) is 3.13. The van der Waals surface area contributed by atoms with Crippen molar-refractivity contribution in [2.75, 3.05) is 0 Å². The number of nitro groups is 2. The Morgan fingerprint density at radius 3 is 2.50 bits per heavy atom. The molecular weight excluding hydrogens is 560 g/mol. The van der Waals surface area contributed by atoms with Gasteiger partial charge in [-0.2, -0.15) is 10.2 Å². The zero-order chi connectivity index (χ0) is 25.8. The third kappa shape index (κ3) is 5.64. The van der Waals surface area contributed by atoms with E-state index in [1.165, 1.54) is 41.2 Å². The van der Waals surface area contributed by atoms with Crippen molar-refractivity contribution in [3.05, 3.63) is 108 Å². The Balaban J connectivity index is 1.41. The van der Waals surface area contributed by atoms with Crippen molar-refractivity contribution in [1.82, 2.24) is 15.2 Å². The summed E-state index contributed by atoms with van der Waals surface area (Å²) in [7, 11) is 0. The molecule has 0 saturated heterocycles. The van der Waals surface area contributed by atoms with E-state index in [9.17, 15) is 25.0 Å². The van der Waals surface area contributed by atoms with E-state index in [4.69, 9.17) is 16.0 Å². The van der Waals surface area contributed by atoms with Crippen LogP contribution in [0, 0.1) is 20.2 Å². The largest absolute Gasteiger partial charge is 0.455 e. The number of hydrogen-bond acceptors (Lipinski definition) is 8. The van der Waals surface area contributed by atoms with Gasteiger partial charge in [-0.15, -0.1) is 0 Å². The lowest BCUT2D eigenvalue weighted by molar-refractivity contribution is -0.385. The summed E-state index contributed by atoms with van der Waals surface area (Å²) in [6, 6.07) is 13.1. The molecule has 0 spiro atoms. The maximum Gasteiger partial charge on any atom is 0.293 e. The first kappa shape index (κ1) is 24.8. The molecule has 2 heterocycles. The van der Waals surface area contributed by atoms with E-state index >= 15 is 0 Å². The highest BCUT2D eigenvalue weighted by Gasteiger charge is 2.16. The molecule has 182 valence electrons. The Kier molecular flexibility index (Phi) is 7.22. The first-order valence-corrected chi connectivity index (χ1v) is 11.2. The fourth-order valence-corrected chi connectivity index (χ4v) is 3.84. The van der Waals surface area contributed by atoms with Gasteiger partial charge in [0.2, 0.25) is 0 Å². The number of hydrazone groups is 1. The van der Waals surface area contributed by atoms with Gasteiger partial charge in [0.1, 0.15) is 11.5 Å². The van der Waals surface area contributed by atoms with Crippen LogP contribution >= 0.6 is 27.5 Å². The second-order valence-electron chi connectivity index (χ2n) is 7.27. The van der Waals surface area contributed by atoms with Crippen molar-refractivity contribution in [3.63, 3.8) is 0 Å². The Morgan fingerprint density at radius 2 is 1.81 bits per heavy atom. The Bertz CT molecular complexity index is 1500. The number of amides is 1. The van der Waals surface area contributed by atoms with Crippen LogP contribution in [0.2, 0.25) is 5.02 Å². The zero-order valence-corrected chi connectivity index (χ0v) is 20.3. The van der Waals surface area contributed by atoms with Crippen LogP contribution in [0.1, 0.15) is 21.8 Å². The Hall–Kier alpha value is -4.36. The van der Waals surface area contributed by atoms with Gasteiger partial charge in [-0.05, 0) is 39.7 Å². The van der Waals surface area contributed by atoms with Crippen LogP contribution in [0.5, 0.6) is 0 Å². The van der Waals surface area contributed by atoms with E-state index in [0.717, 1.165) is 5.56 Å². The van der Waals surface area contributed by atoms with E-state index in [2.05, 4.69) is 31.6 Å². The van der Waals surface area contributed by atoms with Crippen LogP contribution in [0.3, 0.4) is 0 Å². The highest BCUT2D eigenvalue weighted by molar-refractivity contribution is 9.10. The molecule has 0 radical (unpaired) electrons. The van der Waals surface area contributed by atoms with Crippen molar-refractivity contribution < 1.29 is 19.1 Å². The SMILES string of the molecule is O=C(N/N=C/c1ccc(-c2cc([N+](=O)[O-])ccc2Cl)o1)c1nn(Cc2ccc([N+](=O)[O-])cc2)cc1Br. The maximum atomic E-state index is 12.5. The van der Waals surface area contributed by atoms with Crippen LogP contribution in [0.15, 0.2) is 74.8 Å². The van der Waals surface area contributed by atoms with Crippen LogP contribution in [0.4, 0.5) is 11.4 Å². The third-order valence-electron chi connectivity index (χ3n) is 4.83. The lowest BCUT2D eigenvalue weighted by atomic mass is 10.1. The number of non-ortho nitro benzene ring substituents is 2. The second-order valence-corrected chi connectivity index (χ2v) is 8.53. The van der Waals surface area contributed by atoms with E-state index < -0.39 is 15.8 Å². The number of benzene rings is 2. The molecule has 0 bridgehead atoms. The summed E-state index contributed by atoms with van der Waals surface area (Å²) >= 11 is 9.42. The molecule has 36 heavy (non-hydrogen) atoms. The monoisotopic (exact) mass is 572 g/mol. The molecule has 2 aromatic carbocycles. The molecule has 0 atom stereocenters. The first-order chi connectivity index (χ1) is 17.2. The van der Waals surface area contributed by atoms with Crippen molar-refractivity contribution in [1.29, 1.82) is 0 Å². The van der Waals surface area contributed by atoms with Crippen molar-refractivity contribution in [2.24, 2.45) is 5.10 Å². The molecule has 0 aliphatic carbocycles. The van der Waals surface area contributed by atoms with Crippen molar-refractivity contribution >= 4 is 51.0 Å². The van der Waals surface area contributed by atoms with Gasteiger partial charge in [0.05, 0.1) is 32.1 Å². The minimum atomic E-state index is -0.589. The van der Waals surface area contributed by atoms with E-state index in [0.29, 0.717) is 22.3 Å². The normalized spacial score (nSPS) is 11.1. The smallest absolute Gasteiger partial charge is 0.293 e. The van der Waals surface area contributed by atoms with Gasteiger partial charge >= 0.3 is 0 Å². The minimum Gasteiger partial charge on any atom is -0.455 e. The number of aromatic nitrogens is 2. The predicted octanol–water partition coefficient (Wildman–Crippen LogP) is 5.19. The van der Waals surface area contributed by atoms with Gasteiger partial charge in [0.15, 0.2) is 5.69 Å². The van der Waals surface area contributed by atoms with Gasteiger partial charge in [0, 0.05) is 36.0 Å². The molecule has 0 aliphatic rings. The number of furan rings is 1. The van der Waals surface area contributed by atoms with Crippen LogP contribution in [-0.4, -0.2) is 31.7 Å². The number of nitrogens with zero attached hydrogens (tertiary/aromatic N) is 5. The Labute approximate surface area is 215 Å². The summed E-state index contributed by atoms with van der Waals surface area (Å²) in [5.41, 5.74) is 3.38. The van der Waals surface area contributed by atoms with Crippen molar-refractivity contribution in [2.45, 2.75) is 6.54 Å². The average Bonchev–Trinajstić information content (AvgIpc) is 3.46. The average molecular weight is 574 g/mol. The van der Waals surface area contributed by atoms with Gasteiger partial charge in [-0.1, -0.05) is 23.7 Å². The number of nitrogens with one attached hydrogen (secondary N) is 1. The number of hydrogen-bond donors (Lipinski definition) is 1. The summed E-state index contributed by atoms with van der Waals surface area (Å²) in [6.07, 6.45) is 2.86. The molecule has 0 saturated carbocycles. The standard InChI is InChI=1S/C22H14BrClN6O6/c23-18-12-28(11-13-1-3-14(4-2-13)29(32)33)27-21(18)22(31)26-25-10-16-6-8-20(36-16)17-9-15(30(34)35)5-7-19(17)24/h1-10,12H,11H2,(H,26,31)/b25-10+. The molecule has 2 aromatic heterocycles. The number of carbonyl (C=O) groups is 1. The van der Waals surface area contributed by atoms with Gasteiger partial charge in [0.25, 0.3) is 17.3 Å². The quantitative estimate of drug-likeness (QED) is 0.172. The van der Waals surface area contributed by atoms with Crippen LogP contribution in [-0.2, 0) is 6.54 Å². The number of carbonyl (C=O) groups excluding carboxylic acids is 1. The van der Waals surface area contributed by atoms with Crippen LogP contribution < -0.4 is 5.43 Å². The number of nitro benzene ring substituents is 2. The van der Waals surface area contributed by atoms with Gasteiger partial charge in [-0.25, -0.2) is 5.43 Å². The lowest BCUT2D eigenvalue weighted by Crippen LogP contribution is -2.19. The van der Waals surface area contributed by atoms with E-state index in [1.54, 1.807) is 30.5 Å². The van der Waals surface area contributed by atoms with Gasteiger partial charge < -0.3 is 4.42 Å². The molecule has 4 aromatic rings. The fraction of sp³-hybridized carbons (Fsp3) is 0.0455. The number of halogens is 2. The summed E-state index contributed by atoms with van der Waals surface area (Å²) in [4.78, 5) is 33.3. The number of rotatable bonds is 8. The molecule has 0 unspecified atom stereocenters. The molecule has 0 aliphatic heterocycles. The highest BCUT2D eigenvalue weighted by Crippen LogP contribution is 2.32.